The first-order valence-corrected chi connectivity index (χ1v) is 7.24. The molecule has 3 rings (SSSR count). The number of benzene rings is 1. The van der Waals surface area contributed by atoms with Gasteiger partial charge in [0.1, 0.15) is 5.75 Å². The van der Waals surface area contributed by atoms with Crippen LogP contribution in [0.5, 0.6) is 5.75 Å². The molecule has 1 fully saturated rings. The van der Waals surface area contributed by atoms with Gasteiger partial charge in [0.2, 0.25) is 0 Å². The fourth-order valence-corrected chi connectivity index (χ4v) is 2.73. The van der Waals surface area contributed by atoms with Gasteiger partial charge in [0.25, 0.3) is 0 Å². The normalized spacial score (nSPS) is 18.0. The Morgan fingerprint density at radius 2 is 2.38 bits per heavy atom. The number of carbonyl (C=O) groups is 2. The molecule has 2 aliphatic rings. The minimum Gasteiger partial charge on any atom is -0.493 e. The van der Waals surface area contributed by atoms with E-state index in [1.807, 2.05) is 19.1 Å². The predicted octanol–water partition coefficient (Wildman–Crippen LogP) is 1.29. The van der Waals surface area contributed by atoms with Gasteiger partial charge in [-0.15, -0.1) is 0 Å². The van der Waals surface area contributed by atoms with Crippen LogP contribution < -0.4 is 15.4 Å². The molecular formula is C15H19N3O3. The molecule has 2 N–H and O–H groups in total. The molecular weight excluding hydrogens is 270 g/mol. The first-order valence-electron chi connectivity index (χ1n) is 7.24. The Labute approximate surface area is 123 Å². The fraction of sp³-hybridized carbons (Fsp3) is 0.467. The molecule has 0 aliphatic carbocycles. The van der Waals surface area contributed by atoms with Crippen LogP contribution in [0.3, 0.4) is 0 Å². The van der Waals surface area contributed by atoms with Gasteiger partial charge in [0, 0.05) is 25.6 Å². The highest BCUT2D eigenvalue weighted by atomic mass is 16.5. The molecule has 4 amide bonds. The van der Waals surface area contributed by atoms with Crippen molar-refractivity contribution >= 4 is 12.1 Å². The topological polar surface area (TPSA) is 70.7 Å². The predicted molar refractivity (Wildman–Crippen MR) is 77.4 cm³/mol. The second kappa shape index (κ2) is 5.63. The highest BCUT2D eigenvalue weighted by Crippen LogP contribution is 2.26. The number of ether oxygens (including phenoxy) is 1. The summed E-state index contributed by atoms with van der Waals surface area (Å²) in [6.07, 6.45) is 1.67. The van der Waals surface area contributed by atoms with Gasteiger partial charge in [0.05, 0.1) is 6.61 Å². The Hall–Kier alpha value is -2.24. The molecule has 1 aromatic rings. The smallest absolute Gasteiger partial charge is 0.325 e. The Morgan fingerprint density at radius 3 is 3.14 bits per heavy atom. The minimum atomic E-state index is -0.331. The van der Waals surface area contributed by atoms with E-state index in [1.54, 1.807) is 0 Å². The zero-order chi connectivity index (χ0) is 14.8. The summed E-state index contributed by atoms with van der Waals surface area (Å²) in [6.45, 7) is 3.63. The SMILES string of the molecule is CC(Cc1ccc2c(c1)CCO2)NC(=O)N1CCNC1=O. The van der Waals surface area contributed by atoms with Gasteiger partial charge < -0.3 is 15.4 Å². The van der Waals surface area contributed by atoms with E-state index in [4.69, 9.17) is 4.74 Å². The van der Waals surface area contributed by atoms with Crippen LogP contribution in [0.25, 0.3) is 0 Å². The molecule has 1 saturated heterocycles. The molecule has 1 unspecified atom stereocenters. The highest BCUT2D eigenvalue weighted by molar-refractivity contribution is 5.95. The van der Waals surface area contributed by atoms with Gasteiger partial charge >= 0.3 is 12.1 Å². The average molecular weight is 289 g/mol. The monoisotopic (exact) mass is 289 g/mol. The molecule has 6 nitrogen and oxygen atoms in total. The van der Waals surface area contributed by atoms with Gasteiger partial charge in [-0.05, 0) is 30.5 Å². The summed E-state index contributed by atoms with van der Waals surface area (Å²) in [4.78, 5) is 24.6. The van der Waals surface area contributed by atoms with Crippen molar-refractivity contribution in [2.75, 3.05) is 19.7 Å². The molecule has 2 heterocycles. The van der Waals surface area contributed by atoms with Crippen LogP contribution in [-0.2, 0) is 12.8 Å². The van der Waals surface area contributed by atoms with Crippen LogP contribution in [0.4, 0.5) is 9.59 Å². The number of hydrogen-bond acceptors (Lipinski definition) is 3. The summed E-state index contributed by atoms with van der Waals surface area (Å²) in [5.41, 5.74) is 2.39. The van der Waals surface area contributed by atoms with E-state index in [0.29, 0.717) is 13.1 Å². The van der Waals surface area contributed by atoms with E-state index in [2.05, 4.69) is 16.7 Å². The molecule has 0 radical (unpaired) electrons. The van der Waals surface area contributed by atoms with Crippen LogP contribution in [0, 0.1) is 0 Å². The van der Waals surface area contributed by atoms with Gasteiger partial charge in [-0.2, -0.15) is 0 Å². The lowest BCUT2D eigenvalue weighted by atomic mass is 10.0. The number of nitrogens with one attached hydrogen (secondary N) is 2. The number of urea groups is 2. The second-order valence-corrected chi connectivity index (χ2v) is 5.48. The lowest BCUT2D eigenvalue weighted by Crippen LogP contribution is -2.45. The maximum absolute atomic E-state index is 12.0. The van der Waals surface area contributed by atoms with Gasteiger partial charge in [-0.1, -0.05) is 12.1 Å². The summed E-state index contributed by atoms with van der Waals surface area (Å²) in [5, 5.41) is 5.48. The maximum Gasteiger partial charge on any atom is 0.325 e. The summed E-state index contributed by atoms with van der Waals surface area (Å²) in [5.74, 6) is 0.962. The van der Waals surface area contributed by atoms with Crippen molar-refractivity contribution in [1.82, 2.24) is 15.5 Å². The van der Waals surface area contributed by atoms with E-state index in [9.17, 15) is 9.59 Å². The van der Waals surface area contributed by atoms with Crippen LogP contribution in [-0.4, -0.2) is 42.7 Å². The summed E-state index contributed by atoms with van der Waals surface area (Å²) in [7, 11) is 0. The van der Waals surface area contributed by atoms with E-state index < -0.39 is 0 Å². The molecule has 0 bridgehead atoms. The Morgan fingerprint density at radius 1 is 1.52 bits per heavy atom. The number of imide groups is 1. The largest absolute Gasteiger partial charge is 0.493 e. The first kappa shape index (κ1) is 13.7. The van der Waals surface area contributed by atoms with Gasteiger partial charge in [0.15, 0.2) is 0 Å². The molecule has 1 atom stereocenters. The maximum atomic E-state index is 12.0. The zero-order valence-electron chi connectivity index (χ0n) is 12.0. The Kier molecular flexibility index (Phi) is 3.68. The Balaban J connectivity index is 1.57. The Bertz CT molecular complexity index is 573. The summed E-state index contributed by atoms with van der Waals surface area (Å²) in [6, 6.07) is 5.45. The third-order valence-electron chi connectivity index (χ3n) is 3.77. The van der Waals surface area contributed by atoms with Gasteiger partial charge in [-0.25, -0.2) is 14.5 Å². The quantitative estimate of drug-likeness (QED) is 0.881. The first-order chi connectivity index (χ1) is 10.1. The van der Waals surface area contributed by atoms with Crippen molar-refractivity contribution in [1.29, 1.82) is 0 Å². The summed E-state index contributed by atoms with van der Waals surface area (Å²) < 4.78 is 5.48. The van der Waals surface area contributed by atoms with E-state index in [-0.39, 0.29) is 18.1 Å². The van der Waals surface area contributed by atoms with Crippen molar-refractivity contribution in [2.24, 2.45) is 0 Å². The van der Waals surface area contributed by atoms with E-state index in [1.165, 1.54) is 10.5 Å². The molecule has 0 saturated carbocycles. The van der Waals surface area contributed by atoms with E-state index in [0.717, 1.165) is 30.8 Å². The number of hydrogen-bond donors (Lipinski definition) is 2. The third kappa shape index (κ3) is 2.94. The molecule has 1 aromatic carbocycles. The van der Waals surface area contributed by atoms with Crippen molar-refractivity contribution in [3.05, 3.63) is 29.3 Å². The fourth-order valence-electron chi connectivity index (χ4n) is 2.73. The standard InChI is InChI=1S/C15H19N3O3/c1-10(17-15(20)18-6-5-16-14(18)19)8-11-2-3-13-12(9-11)4-7-21-13/h2-3,9-10H,4-8H2,1H3,(H,16,19)(H,17,20). The number of nitrogens with zero attached hydrogens (tertiary/aromatic N) is 1. The van der Waals surface area contributed by atoms with E-state index >= 15 is 0 Å². The van der Waals surface area contributed by atoms with Crippen molar-refractivity contribution < 1.29 is 14.3 Å². The molecule has 21 heavy (non-hydrogen) atoms. The van der Waals surface area contributed by atoms with Crippen LogP contribution in [0.1, 0.15) is 18.1 Å². The molecule has 6 heteroatoms. The molecule has 0 aromatic heterocycles. The minimum absolute atomic E-state index is 0.0359. The molecule has 112 valence electrons. The third-order valence-corrected chi connectivity index (χ3v) is 3.77. The lowest BCUT2D eigenvalue weighted by Gasteiger charge is -2.18. The zero-order valence-corrected chi connectivity index (χ0v) is 12.0. The average Bonchev–Trinajstić information content (AvgIpc) is 3.06. The highest BCUT2D eigenvalue weighted by Gasteiger charge is 2.26. The van der Waals surface area contributed by atoms with Crippen molar-refractivity contribution in [3.63, 3.8) is 0 Å². The van der Waals surface area contributed by atoms with Gasteiger partial charge in [-0.3, -0.25) is 0 Å². The van der Waals surface area contributed by atoms with Crippen LogP contribution in [0.2, 0.25) is 0 Å². The number of carbonyl (C=O) groups excluding carboxylic acids is 2. The molecule has 2 aliphatic heterocycles. The number of rotatable bonds is 3. The van der Waals surface area contributed by atoms with Crippen LogP contribution >= 0.6 is 0 Å². The number of amides is 4. The molecule has 0 spiro atoms. The van der Waals surface area contributed by atoms with Crippen molar-refractivity contribution in [2.45, 2.75) is 25.8 Å². The second-order valence-electron chi connectivity index (χ2n) is 5.48. The van der Waals surface area contributed by atoms with Crippen LogP contribution in [0.15, 0.2) is 18.2 Å². The summed E-state index contributed by atoms with van der Waals surface area (Å²) >= 11 is 0. The number of fused-ring (bicyclic) bond motifs is 1. The lowest BCUT2D eigenvalue weighted by molar-refractivity contribution is 0.196. The van der Waals surface area contributed by atoms with Crippen molar-refractivity contribution in [3.8, 4) is 5.75 Å².